The van der Waals surface area contributed by atoms with Gasteiger partial charge in [0.25, 0.3) is 0 Å². The maximum atomic E-state index is 5.72. The van der Waals surface area contributed by atoms with Gasteiger partial charge in [0, 0.05) is 6.04 Å². The van der Waals surface area contributed by atoms with E-state index in [1.54, 1.807) is 0 Å². The van der Waals surface area contributed by atoms with Gasteiger partial charge in [0.05, 0.1) is 6.61 Å². The lowest BCUT2D eigenvalue weighted by molar-refractivity contribution is 0.313. The fourth-order valence-corrected chi connectivity index (χ4v) is 1.37. The van der Waals surface area contributed by atoms with E-state index in [0.29, 0.717) is 13.2 Å². The molecular weight excluding hydrogens is 188 g/mol. The van der Waals surface area contributed by atoms with Crippen molar-refractivity contribution in [1.29, 1.82) is 0 Å². The highest BCUT2D eigenvalue weighted by molar-refractivity contribution is 5.27. The predicted molar refractivity (Wildman–Crippen MR) is 63.0 cm³/mol. The fourth-order valence-electron chi connectivity index (χ4n) is 1.37. The standard InChI is InChI=1S/C12H20N2O/c1-10(14)9-11-3-5-12(6-4-11)15-8-2-7-13/h3-6,10H,2,7-9,13-14H2,1H3/t10-/m1/s1. The first-order valence-corrected chi connectivity index (χ1v) is 5.39. The van der Waals surface area contributed by atoms with E-state index >= 15 is 0 Å². The van der Waals surface area contributed by atoms with Gasteiger partial charge in [-0.3, -0.25) is 0 Å². The van der Waals surface area contributed by atoms with Crippen molar-refractivity contribution in [1.82, 2.24) is 0 Å². The number of rotatable bonds is 6. The number of hydrogen-bond acceptors (Lipinski definition) is 3. The Morgan fingerprint density at radius 3 is 2.47 bits per heavy atom. The smallest absolute Gasteiger partial charge is 0.119 e. The predicted octanol–water partition coefficient (Wildman–Crippen LogP) is 1.30. The average Bonchev–Trinajstić information content (AvgIpc) is 2.20. The average molecular weight is 208 g/mol. The lowest BCUT2D eigenvalue weighted by atomic mass is 10.1. The van der Waals surface area contributed by atoms with Crippen molar-refractivity contribution >= 4 is 0 Å². The summed E-state index contributed by atoms with van der Waals surface area (Å²) in [6.07, 6.45) is 1.80. The second-order valence-electron chi connectivity index (χ2n) is 3.82. The monoisotopic (exact) mass is 208 g/mol. The molecule has 0 fully saturated rings. The first-order chi connectivity index (χ1) is 7.22. The molecule has 84 valence electrons. The highest BCUT2D eigenvalue weighted by Gasteiger charge is 1.98. The highest BCUT2D eigenvalue weighted by atomic mass is 16.5. The van der Waals surface area contributed by atoms with Crippen molar-refractivity contribution in [2.24, 2.45) is 11.5 Å². The van der Waals surface area contributed by atoms with Crippen molar-refractivity contribution in [2.45, 2.75) is 25.8 Å². The lowest BCUT2D eigenvalue weighted by Crippen LogP contribution is -2.17. The van der Waals surface area contributed by atoms with Crippen molar-refractivity contribution in [2.75, 3.05) is 13.2 Å². The van der Waals surface area contributed by atoms with Gasteiger partial charge >= 0.3 is 0 Å². The Balaban J connectivity index is 2.42. The highest BCUT2D eigenvalue weighted by Crippen LogP contribution is 2.13. The second-order valence-corrected chi connectivity index (χ2v) is 3.82. The zero-order valence-corrected chi connectivity index (χ0v) is 9.28. The van der Waals surface area contributed by atoms with Crippen molar-refractivity contribution in [3.63, 3.8) is 0 Å². The van der Waals surface area contributed by atoms with Crippen LogP contribution in [0.4, 0.5) is 0 Å². The van der Waals surface area contributed by atoms with E-state index in [9.17, 15) is 0 Å². The number of nitrogens with two attached hydrogens (primary N) is 2. The fraction of sp³-hybridized carbons (Fsp3) is 0.500. The van der Waals surface area contributed by atoms with Crippen LogP contribution in [0.1, 0.15) is 18.9 Å². The Labute approximate surface area is 91.4 Å². The van der Waals surface area contributed by atoms with E-state index in [1.165, 1.54) is 5.56 Å². The molecule has 0 bridgehead atoms. The van der Waals surface area contributed by atoms with Crippen LogP contribution in [0, 0.1) is 0 Å². The van der Waals surface area contributed by atoms with Gasteiger partial charge in [-0.05, 0) is 44.0 Å². The largest absolute Gasteiger partial charge is 0.494 e. The van der Waals surface area contributed by atoms with Crippen LogP contribution in [0.25, 0.3) is 0 Å². The quantitative estimate of drug-likeness (QED) is 0.693. The van der Waals surface area contributed by atoms with Gasteiger partial charge in [0.1, 0.15) is 5.75 Å². The molecule has 15 heavy (non-hydrogen) atoms. The third-order valence-electron chi connectivity index (χ3n) is 2.10. The molecule has 0 aliphatic rings. The third kappa shape index (κ3) is 4.81. The molecule has 1 aromatic carbocycles. The molecule has 0 saturated carbocycles. The molecular formula is C12H20N2O. The topological polar surface area (TPSA) is 61.3 Å². The molecule has 0 aliphatic heterocycles. The minimum Gasteiger partial charge on any atom is -0.494 e. The Morgan fingerprint density at radius 1 is 1.27 bits per heavy atom. The van der Waals surface area contributed by atoms with E-state index in [2.05, 4.69) is 12.1 Å². The van der Waals surface area contributed by atoms with Gasteiger partial charge in [-0.15, -0.1) is 0 Å². The number of ether oxygens (including phenoxy) is 1. The Bertz CT molecular complexity index is 269. The summed E-state index contributed by atoms with van der Waals surface area (Å²) in [6, 6.07) is 8.28. The van der Waals surface area contributed by atoms with Crippen molar-refractivity contribution in [3.05, 3.63) is 29.8 Å². The first-order valence-electron chi connectivity index (χ1n) is 5.39. The van der Waals surface area contributed by atoms with E-state index < -0.39 is 0 Å². The summed E-state index contributed by atoms with van der Waals surface area (Å²) < 4.78 is 5.50. The molecule has 0 heterocycles. The van der Waals surface area contributed by atoms with E-state index in [4.69, 9.17) is 16.2 Å². The van der Waals surface area contributed by atoms with Gasteiger partial charge in [-0.2, -0.15) is 0 Å². The Hall–Kier alpha value is -1.06. The van der Waals surface area contributed by atoms with Gasteiger partial charge < -0.3 is 16.2 Å². The van der Waals surface area contributed by atoms with Gasteiger partial charge in [-0.25, -0.2) is 0 Å². The zero-order valence-electron chi connectivity index (χ0n) is 9.28. The van der Waals surface area contributed by atoms with Crippen molar-refractivity contribution < 1.29 is 4.74 Å². The SMILES string of the molecule is C[C@@H](N)Cc1ccc(OCCCN)cc1. The molecule has 0 spiro atoms. The summed E-state index contributed by atoms with van der Waals surface area (Å²) in [6.45, 7) is 3.36. The molecule has 1 aromatic rings. The zero-order chi connectivity index (χ0) is 11.1. The molecule has 3 nitrogen and oxygen atoms in total. The Kier molecular flexibility index (Phi) is 5.15. The van der Waals surface area contributed by atoms with Crippen molar-refractivity contribution in [3.8, 4) is 5.75 Å². The number of hydrogen-bond donors (Lipinski definition) is 2. The molecule has 3 heteroatoms. The summed E-state index contributed by atoms with van der Waals surface area (Å²) in [7, 11) is 0. The molecule has 1 rings (SSSR count). The summed E-state index contributed by atoms with van der Waals surface area (Å²) in [4.78, 5) is 0. The summed E-state index contributed by atoms with van der Waals surface area (Å²) in [5.41, 5.74) is 12.3. The number of benzene rings is 1. The molecule has 4 N–H and O–H groups in total. The normalized spacial score (nSPS) is 12.5. The molecule has 0 saturated heterocycles. The van der Waals surface area contributed by atoms with Gasteiger partial charge in [-0.1, -0.05) is 12.1 Å². The van der Waals surface area contributed by atoms with Gasteiger partial charge in [0.15, 0.2) is 0 Å². The minimum absolute atomic E-state index is 0.203. The summed E-state index contributed by atoms with van der Waals surface area (Å²) in [5.74, 6) is 0.900. The first kappa shape index (κ1) is 12.0. The van der Waals surface area contributed by atoms with Crippen LogP contribution in [0.5, 0.6) is 5.75 Å². The van der Waals surface area contributed by atoms with Crippen LogP contribution in [0.2, 0.25) is 0 Å². The maximum absolute atomic E-state index is 5.72. The van der Waals surface area contributed by atoms with Crippen LogP contribution >= 0.6 is 0 Å². The van der Waals surface area contributed by atoms with Crippen LogP contribution in [-0.2, 0) is 6.42 Å². The Morgan fingerprint density at radius 2 is 1.93 bits per heavy atom. The van der Waals surface area contributed by atoms with Crippen LogP contribution < -0.4 is 16.2 Å². The molecule has 0 amide bonds. The molecule has 1 atom stereocenters. The van der Waals surface area contributed by atoms with E-state index in [-0.39, 0.29) is 6.04 Å². The third-order valence-corrected chi connectivity index (χ3v) is 2.10. The second kappa shape index (κ2) is 6.43. The molecule has 0 radical (unpaired) electrons. The maximum Gasteiger partial charge on any atom is 0.119 e. The molecule has 0 aromatic heterocycles. The summed E-state index contributed by atoms with van der Waals surface area (Å²) >= 11 is 0. The lowest BCUT2D eigenvalue weighted by Gasteiger charge is -2.08. The molecule has 0 aliphatic carbocycles. The van der Waals surface area contributed by atoms with Crippen LogP contribution in [-0.4, -0.2) is 19.2 Å². The molecule has 0 unspecified atom stereocenters. The van der Waals surface area contributed by atoms with Gasteiger partial charge in [0.2, 0.25) is 0 Å². The summed E-state index contributed by atoms with van der Waals surface area (Å²) in [5, 5.41) is 0. The van der Waals surface area contributed by atoms with Crippen LogP contribution in [0.15, 0.2) is 24.3 Å². The van der Waals surface area contributed by atoms with Crippen LogP contribution in [0.3, 0.4) is 0 Å². The van der Waals surface area contributed by atoms with E-state index in [1.807, 2.05) is 19.1 Å². The van der Waals surface area contributed by atoms with E-state index in [0.717, 1.165) is 18.6 Å². The minimum atomic E-state index is 0.203.